The van der Waals surface area contributed by atoms with Crippen LogP contribution >= 0.6 is 0 Å². The van der Waals surface area contributed by atoms with Gasteiger partial charge in [0, 0.05) is 0 Å². The molecule has 0 aliphatic carbocycles. The van der Waals surface area contributed by atoms with Crippen LogP contribution in [0.4, 0.5) is 0 Å². The third-order valence-corrected chi connectivity index (χ3v) is 2.74. The summed E-state index contributed by atoms with van der Waals surface area (Å²) in [7, 11) is -4.34. The zero-order valence-electron chi connectivity index (χ0n) is 7.88. The van der Waals surface area contributed by atoms with E-state index in [-0.39, 0.29) is 51.4 Å². The van der Waals surface area contributed by atoms with E-state index in [1.807, 2.05) is 0 Å². The minimum absolute atomic E-state index is 0. The molecule has 0 radical (unpaired) electrons. The van der Waals surface area contributed by atoms with Crippen LogP contribution in [0.2, 0.25) is 0 Å². The van der Waals surface area contributed by atoms with E-state index in [2.05, 4.69) is 6.58 Å². The predicted molar refractivity (Wildman–Crippen MR) is 49.1 cm³/mol. The van der Waals surface area contributed by atoms with Crippen molar-refractivity contribution in [3.63, 3.8) is 0 Å². The second kappa shape index (κ2) is 6.17. The number of hydrogen-bond acceptors (Lipinski definition) is 3. The Labute approximate surface area is 126 Å². The second-order valence-electron chi connectivity index (χ2n) is 2.56. The largest absolute Gasteiger partial charge is 1.00 e. The first-order valence-electron chi connectivity index (χ1n) is 3.68. The second-order valence-corrected chi connectivity index (χ2v) is 4.05. The van der Waals surface area contributed by atoms with Gasteiger partial charge in [-0.3, -0.25) is 0 Å². The summed E-state index contributed by atoms with van der Waals surface area (Å²) >= 11 is 0. The van der Waals surface area contributed by atoms with Crippen molar-refractivity contribution in [1.82, 2.24) is 0 Å². The first-order valence-corrected chi connectivity index (χ1v) is 5.15. The molecule has 1 aromatic rings. The minimum Gasteiger partial charge on any atom is -0.747 e. The standard InChI is InChI=1S/C9H10O3S.K/c1-2-9(13(10,11)12)8-6-4-3-5-7-8;/h2-7,9H,1H2,(H,10,11,12);/q;+1/p-1. The molecule has 1 unspecified atom stereocenters. The van der Waals surface area contributed by atoms with Crippen LogP contribution in [-0.4, -0.2) is 13.0 Å². The smallest absolute Gasteiger partial charge is 0.747 e. The van der Waals surface area contributed by atoms with E-state index in [0.29, 0.717) is 5.56 Å². The Morgan fingerprint density at radius 3 is 2.14 bits per heavy atom. The molecule has 0 aromatic heterocycles. The molecule has 14 heavy (non-hydrogen) atoms. The van der Waals surface area contributed by atoms with Gasteiger partial charge in [0.05, 0.1) is 5.25 Å². The third kappa shape index (κ3) is 3.94. The van der Waals surface area contributed by atoms with Gasteiger partial charge < -0.3 is 4.55 Å². The summed E-state index contributed by atoms with van der Waals surface area (Å²) in [5.74, 6) is 0. The normalized spacial score (nSPS) is 12.6. The van der Waals surface area contributed by atoms with Gasteiger partial charge in [-0.2, -0.15) is 0 Å². The molecule has 0 saturated heterocycles. The van der Waals surface area contributed by atoms with E-state index in [1.165, 1.54) is 0 Å². The zero-order valence-corrected chi connectivity index (χ0v) is 11.8. The van der Waals surface area contributed by atoms with Gasteiger partial charge in [0.2, 0.25) is 0 Å². The van der Waals surface area contributed by atoms with Gasteiger partial charge in [0.25, 0.3) is 0 Å². The molecule has 0 heterocycles. The number of hydrogen-bond donors (Lipinski definition) is 0. The van der Waals surface area contributed by atoms with Gasteiger partial charge in [0.1, 0.15) is 10.1 Å². The van der Waals surface area contributed by atoms with E-state index in [4.69, 9.17) is 0 Å². The van der Waals surface area contributed by atoms with Crippen LogP contribution in [0.5, 0.6) is 0 Å². The Balaban J connectivity index is 0.00000169. The molecule has 1 aromatic carbocycles. The molecule has 0 bridgehead atoms. The van der Waals surface area contributed by atoms with E-state index < -0.39 is 15.4 Å². The van der Waals surface area contributed by atoms with Crippen molar-refractivity contribution in [3.8, 4) is 0 Å². The molecule has 0 aliphatic rings. The maximum Gasteiger partial charge on any atom is 1.00 e. The molecular weight excluding hydrogens is 227 g/mol. The van der Waals surface area contributed by atoms with Crippen molar-refractivity contribution < 1.29 is 64.4 Å². The molecule has 0 N–H and O–H groups in total. The fourth-order valence-electron chi connectivity index (χ4n) is 1.06. The minimum atomic E-state index is -4.34. The Kier molecular flexibility index (Phi) is 6.39. The average molecular weight is 236 g/mol. The molecule has 1 atom stereocenters. The summed E-state index contributed by atoms with van der Waals surface area (Å²) in [6.07, 6.45) is 1.14. The molecule has 0 saturated carbocycles. The zero-order chi connectivity index (χ0) is 9.90. The van der Waals surface area contributed by atoms with Crippen LogP contribution in [0.25, 0.3) is 0 Å². The van der Waals surface area contributed by atoms with Crippen molar-refractivity contribution in [2.75, 3.05) is 0 Å². The van der Waals surface area contributed by atoms with Crippen molar-refractivity contribution in [3.05, 3.63) is 48.6 Å². The van der Waals surface area contributed by atoms with Crippen molar-refractivity contribution in [2.24, 2.45) is 0 Å². The molecule has 70 valence electrons. The predicted octanol–water partition coefficient (Wildman–Crippen LogP) is -1.54. The Morgan fingerprint density at radius 1 is 1.29 bits per heavy atom. The van der Waals surface area contributed by atoms with E-state index in [9.17, 15) is 13.0 Å². The Bertz CT molecular complexity index is 386. The van der Waals surface area contributed by atoms with Crippen LogP contribution < -0.4 is 51.4 Å². The van der Waals surface area contributed by atoms with E-state index in [0.717, 1.165) is 6.08 Å². The molecule has 0 spiro atoms. The van der Waals surface area contributed by atoms with Gasteiger partial charge in [-0.15, -0.1) is 6.58 Å². The van der Waals surface area contributed by atoms with Crippen LogP contribution in [-0.2, 0) is 10.1 Å². The molecule has 5 heteroatoms. The molecule has 0 fully saturated rings. The molecule has 3 nitrogen and oxygen atoms in total. The van der Waals surface area contributed by atoms with Crippen molar-refractivity contribution >= 4 is 10.1 Å². The monoisotopic (exact) mass is 236 g/mol. The molecule has 0 aliphatic heterocycles. The fourth-order valence-corrected chi connectivity index (χ4v) is 1.79. The maximum atomic E-state index is 10.7. The summed E-state index contributed by atoms with van der Waals surface area (Å²) in [6, 6.07) is 8.28. The van der Waals surface area contributed by atoms with Gasteiger partial charge in [-0.05, 0) is 5.56 Å². The van der Waals surface area contributed by atoms with Gasteiger partial charge >= 0.3 is 51.4 Å². The summed E-state index contributed by atoms with van der Waals surface area (Å²) in [5.41, 5.74) is 0.451. The number of benzene rings is 1. The quantitative estimate of drug-likeness (QED) is 0.363. The topological polar surface area (TPSA) is 57.2 Å². The van der Waals surface area contributed by atoms with Crippen LogP contribution in [0, 0.1) is 0 Å². The molecular formula is C9H9KO3S. The van der Waals surface area contributed by atoms with E-state index in [1.54, 1.807) is 30.3 Å². The average Bonchev–Trinajstić information content (AvgIpc) is 2.05. The maximum absolute atomic E-state index is 10.7. The van der Waals surface area contributed by atoms with Gasteiger partial charge in [-0.1, -0.05) is 36.4 Å². The summed E-state index contributed by atoms with van der Waals surface area (Å²) < 4.78 is 32.2. The first-order chi connectivity index (χ1) is 6.05. The molecule has 0 amide bonds. The molecule has 1 rings (SSSR count). The van der Waals surface area contributed by atoms with Gasteiger partial charge in [0.15, 0.2) is 0 Å². The van der Waals surface area contributed by atoms with Crippen LogP contribution in [0.15, 0.2) is 43.0 Å². The summed E-state index contributed by atoms with van der Waals surface area (Å²) in [6.45, 7) is 3.32. The van der Waals surface area contributed by atoms with Crippen molar-refractivity contribution in [1.29, 1.82) is 0 Å². The van der Waals surface area contributed by atoms with Crippen LogP contribution in [0.3, 0.4) is 0 Å². The first kappa shape index (κ1) is 14.5. The van der Waals surface area contributed by atoms with Crippen LogP contribution in [0.1, 0.15) is 10.8 Å². The Morgan fingerprint density at radius 2 is 1.79 bits per heavy atom. The summed E-state index contributed by atoms with van der Waals surface area (Å²) in [4.78, 5) is 0. The Hall–Kier alpha value is 0.506. The van der Waals surface area contributed by atoms with E-state index >= 15 is 0 Å². The number of rotatable bonds is 3. The van der Waals surface area contributed by atoms with Gasteiger partial charge in [-0.25, -0.2) is 8.42 Å². The summed E-state index contributed by atoms with van der Waals surface area (Å²) in [5, 5.41) is -1.14. The fraction of sp³-hybridized carbons (Fsp3) is 0.111. The van der Waals surface area contributed by atoms with Crippen molar-refractivity contribution in [2.45, 2.75) is 5.25 Å². The third-order valence-electron chi connectivity index (χ3n) is 1.65. The SMILES string of the molecule is C=CC(c1ccccc1)S(=O)(=O)[O-].[K+].